The first-order valence-corrected chi connectivity index (χ1v) is 11.5. The molecule has 1 aromatic heterocycles. The van der Waals surface area contributed by atoms with Gasteiger partial charge in [-0.25, -0.2) is 0 Å². The monoisotopic (exact) mass is 447 g/mol. The number of nitrogens with zero attached hydrogens (tertiary/aromatic N) is 2. The average molecular weight is 448 g/mol. The van der Waals surface area contributed by atoms with Gasteiger partial charge in [-0.15, -0.1) is 11.3 Å². The fourth-order valence-corrected chi connectivity index (χ4v) is 4.63. The van der Waals surface area contributed by atoms with Gasteiger partial charge in [0.15, 0.2) is 0 Å². The summed E-state index contributed by atoms with van der Waals surface area (Å²) in [5.74, 6) is -0.667. The number of amides is 3. The first-order valence-electron chi connectivity index (χ1n) is 10.6. The van der Waals surface area contributed by atoms with Crippen LogP contribution in [0.5, 0.6) is 0 Å². The van der Waals surface area contributed by atoms with Gasteiger partial charge in [0.05, 0.1) is 22.0 Å². The first-order chi connectivity index (χ1) is 15.5. The number of thiophene rings is 1. The Morgan fingerprint density at radius 3 is 2.50 bits per heavy atom. The van der Waals surface area contributed by atoms with Crippen LogP contribution in [0.4, 0.5) is 11.4 Å². The highest BCUT2D eigenvalue weighted by atomic mass is 32.1. The second-order valence-electron chi connectivity index (χ2n) is 7.80. The molecule has 1 fully saturated rings. The third-order valence-electron chi connectivity index (χ3n) is 5.65. The van der Waals surface area contributed by atoms with Crippen LogP contribution >= 0.6 is 11.3 Å². The summed E-state index contributed by atoms with van der Waals surface area (Å²) in [5, 5.41) is 4.80. The van der Waals surface area contributed by atoms with E-state index < -0.39 is 0 Å². The number of benzene rings is 2. The Bertz CT molecular complexity index is 1100. The second-order valence-corrected chi connectivity index (χ2v) is 8.75. The number of hydrogen-bond acceptors (Lipinski definition) is 4. The summed E-state index contributed by atoms with van der Waals surface area (Å²) in [4.78, 5) is 42.9. The minimum absolute atomic E-state index is 0.0769. The molecule has 4 rings (SSSR count). The third-order valence-corrected chi connectivity index (χ3v) is 6.51. The Kier molecular flexibility index (Phi) is 6.66. The fraction of sp³-hybridized carbons (Fsp3) is 0.240. The zero-order valence-electron chi connectivity index (χ0n) is 17.9. The number of para-hydroxylation sites is 2. The molecule has 7 heteroatoms. The summed E-state index contributed by atoms with van der Waals surface area (Å²) in [6.07, 6.45) is 1.49. The van der Waals surface area contributed by atoms with Crippen molar-refractivity contribution in [1.29, 1.82) is 0 Å². The number of anilines is 2. The predicted molar refractivity (Wildman–Crippen MR) is 127 cm³/mol. The maximum Gasteiger partial charge on any atom is 0.268 e. The summed E-state index contributed by atoms with van der Waals surface area (Å²) >= 11 is 1.37. The van der Waals surface area contributed by atoms with Crippen LogP contribution < -0.4 is 10.2 Å². The summed E-state index contributed by atoms with van der Waals surface area (Å²) in [7, 11) is 1.68. The molecule has 2 heterocycles. The van der Waals surface area contributed by atoms with Gasteiger partial charge in [0.1, 0.15) is 0 Å². The van der Waals surface area contributed by atoms with E-state index in [1.807, 2.05) is 47.8 Å². The number of carbonyl (C=O) groups is 3. The molecule has 0 saturated carbocycles. The van der Waals surface area contributed by atoms with Crippen molar-refractivity contribution < 1.29 is 14.4 Å². The minimum Gasteiger partial charge on any atom is -0.338 e. The van der Waals surface area contributed by atoms with Crippen molar-refractivity contribution >= 4 is 40.4 Å². The maximum atomic E-state index is 13.4. The summed E-state index contributed by atoms with van der Waals surface area (Å²) < 4.78 is 0. The number of piperidine rings is 1. The molecule has 1 unspecified atom stereocenters. The minimum atomic E-state index is -0.273. The van der Waals surface area contributed by atoms with Crippen molar-refractivity contribution in [2.45, 2.75) is 12.8 Å². The SMILES string of the molecule is CN(C(=O)c1cccs1)c1ccccc1C(=O)N1CCCC(C(=O)Nc2ccccc2)C1. The molecular weight excluding hydrogens is 422 g/mol. The van der Waals surface area contributed by atoms with Gasteiger partial charge in [-0.1, -0.05) is 36.4 Å². The lowest BCUT2D eigenvalue weighted by Crippen LogP contribution is -2.44. The van der Waals surface area contributed by atoms with Crippen molar-refractivity contribution in [3.05, 3.63) is 82.6 Å². The van der Waals surface area contributed by atoms with Crippen molar-refractivity contribution in [3.8, 4) is 0 Å². The normalized spacial score (nSPS) is 15.8. The molecule has 1 aliphatic heterocycles. The Balaban J connectivity index is 1.49. The molecular formula is C25H25N3O3S. The maximum absolute atomic E-state index is 13.4. The molecule has 2 aromatic carbocycles. The van der Waals surface area contributed by atoms with E-state index in [2.05, 4.69) is 5.32 Å². The average Bonchev–Trinajstić information content (AvgIpc) is 3.38. The molecule has 32 heavy (non-hydrogen) atoms. The smallest absolute Gasteiger partial charge is 0.268 e. The molecule has 164 valence electrons. The van der Waals surface area contributed by atoms with Crippen LogP contribution in [0, 0.1) is 5.92 Å². The molecule has 0 radical (unpaired) electrons. The lowest BCUT2D eigenvalue weighted by atomic mass is 9.96. The van der Waals surface area contributed by atoms with Crippen molar-refractivity contribution in [1.82, 2.24) is 4.90 Å². The van der Waals surface area contributed by atoms with Gasteiger partial charge in [-0.3, -0.25) is 14.4 Å². The van der Waals surface area contributed by atoms with Gasteiger partial charge in [-0.05, 0) is 48.6 Å². The van der Waals surface area contributed by atoms with E-state index in [-0.39, 0.29) is 23.6 Å². The number of likely N-dealkylation sites (tertiary alicyclic amines) is 1. The Hall–Kier alpha value is -3.45. The van der Waals surface area contributed by atoms with Gasteiger partial charge >= 0.3 is 0 Å². The summed E-state index contributed by atoms with van der Waals surface area (Å²) in [6, 6.07) is 20.1. The van der Waals surface area contributed by atoms with Crippen molar-refractivity contribution in [2.75, 3.05) is 30.4 Å². The number of hydrogen-bond donors (Lipinski definition) is 1. The van der Waals surface area contributed by atoms with Crippen molar-refractivity contribution in [2.24, 2.45) is 5.92 Å². The molecule has 0 spiro atoms. The molecule has 6 nitrogen and oxygen atoms in total. The van der Waals surface area contributed by atoms with E-state index in [1.165, 1.54) is 16.2 Å². The Morgan fingerprint density at radius 2 is 1.75 bits per heavy atom. The molecule has 1 atom stereocenters. The highest BCUT2D eigenvalue weighted by Crippen LogP contribution is 2.26. The van der Waals surface area contributed by atoms with E-state index in [4.69, 9.17) is 0 Å². The van der Waals surface area contributed by atoms with Crippen LogP contribution in [0.15, 0.2) is 72.1 Å². The van der Waals surface area contributed by atoms with Gasteiger partial charge in [0, 0.05) is 25.8 Å². The number of nitrogens with one attached hydrogen (secondary N) is 1. The lowest BCUT2D eigenvalue weighted by Gasteiger charge is -2.33. The predicted octanol–water partition coefficient (Wildman–Crippen LogP) is 4.52. The van der Waals surface area contributed by atoms with Crippen LogP contribution in [0.25, 0.3) is 0 Å². The third kappa shape index (κ3) is 4.73. The van der Waals surface area contributed by atoms with E-state index in [0.29, 0.717) is 29.2 Å². The van der Waals surface area contributed by atoms with E-state index in [9.17, 15) is 14.4 Å². The van der Waals surface area contributed by atoms with Crippen LogP contribution in [-0.2, 0) is 4.79 Å². The van der Waals surface area contributed by atoms with Crippen LogP contribution in [0.1, 0.15) is 32.9 Å². The molecule has 1 saturated heterocycles. The van der Waals surface area contributed by atoms with E-state index >= 15 is 0 Å². The van der Waals surface area contributed by atoms with Gasteiger partial charge in [-0.2, -0.15) is 0 Å². The molecule has 3 amide bonds. The highest BCUT2D eigenvalue weighted by Gasteiger charge is 2.30. The Morgan fingerprint density at radius 1 is 1.00 bits per heavy atom. The Labute approximate surface area is 191 Å². The van der Waals surface area contributed by atoms with Gasteiger partial charge < -0.3 is 15.1 Å². The summed E-state index contributed by atoms with van der Waals surface area (Å²) in [6.45, 7) is 0.944. The van der Waals surface area contributed by atoms with E-state index in [1.54, 1.807) is 36.2 Å². The highest BCUT2D eigenvalue weighted by molar-refractivity contribution is 7.12. The molecule has 0 aliphatic carbocycles. The molecule has 1 aliphatic rings. The van der Waals surface area contributed by atoms with Crippen molar-refractivity contribution in [3.63, 3.8) is 0 Å². The zero-order chi connectivity index (χ0) is 22.5. The fourth-order valence-electron chi connectivity index (χ4n) is 3.93. The van der Waals surface area contributed by atoms with Crippen LogP contribution in [0.2, 0.25) is 0 Å². The van der Waals surface area contributed by atoms with E-state index in [0.717, 1.165) is 18.5 Å². The number of carbonyl (C=O) groups excluding carboxylic acids is 3. The summed E-state index contributed by atoms with van der Waals surface area (Å²) in [5.41, 5.74) is 1.77. The largest absolute Gasteiger partial charge is 0.338 e. The first kappa shape index (κ1) is 21.8. The van der Waals surface area contributed by atoms with Gasteiger partial charge in [0.2, 0.25) is 5.91 Å². The topological polar surface area (TPSA) is 69.7 Å². The van der Waals surface area contributed by atoms with Crippen LogP contribution in [-0.4, -0.2) is 42.8 Å². The standard InChI is InChI=1S/C25H25N3O3S/c1-27(25(31)22-14-8-16-32-22)21-13-6-5-12-20(21)24(30)28-15-7-9-18(17-28)23(29)26-19-10-3-2-4-11-19/h2-6,8,10-14,16,18H,7,9,15,17H2,1H3,(H,26,29). The molecule has 1 N–H and O–H groups in total. The molecule has 3 aromatic rings. The molecule has 0 bridgehead atoms. The second kappa shape index (κ2) is 9.78. The van der Waals surface area contributed by atoms with Crippen LogP contribution in [0.3, 0.4) is 0 Å². The quantitative estimate of drug-likeness (QED) is 0.625. The lowest BCUT2D eigenvalue weighted by molar-refractivity contribution is -0.121. The van der Waals surface area contributed by atoms with Gasteiger partial charge in [0.25, 0.3) is 11.8 Å². The number of rotatable bonds is 5. The zero-order valence-corrected chi connectivity index (χ0v) is 18.7.